The quantitative estimate of drug-likeness (QED) is 0.409. The van der Waals surface area contributed by atoms with E-state index in [-0.39, 0.29) is 16.9 Å². The highest BCUT2D eigenvalue weighted by molar-refractivity contribution is 7.80. The summed E-state index contributed by atoms with van der Waals surface area (Å²) < 4.78 is 5.63. The molecule has 0 aliphatic carbocycles. The molecule has 2 amide bonds. The Hall–Kier alpha value is -2.93. The standard InChI is InChI=1S/C22H27N3O3S/c1-3-5-14-28-19-9-6-8-16(15-19)21(27)25-22(29)24-18-12-10-17(11-13-18)23-20(26)7-4-2/h6,8-13,15H,3-5,7,14H2,1-2H3,(H,23,26)(H2,24,25,27,29). The van der Waals surface area contributed by atoms with Gasteiger partial charge in [0.2, 0.25) is 5.91 Å². The Kier molecular flexibility index (Phi) is 9.11. The number of hydrogen-bond acceptors (Lipinski definition) is 4. The minimum absolute atomic E-state index is 0.0168. The Bertz CT molecular complexity index is 837. The molecule has 2 aromatic rings. The molecule has 3 N–H and O–H groups in total. The molecule has 0 aromatic heterocycles. The second-order valence-corrected chi connectivity index (χ2v) is 6.92. The number of anilines is 2. The minimum Gasteiger partial charge on any atom is -0.494 e. The summed E-state index contributed by atoms with van der Waals surface area (Å²) in [6.45, 7) is 4.67. The number of unbranched alkanes of at least 4 members (excludes halogenated alkanes) is 1. The third-order valence-electron chi connectivity index (χ3n) is 3.99. The highest BCUT2D eigenvalue weighted by Crippen LogP contribution is 2.15. The lowest BCUT2D eigenvalue weighted by Crippen LogP contribution is -2.34. The van der Waals surface area contributed by atoms with Crippen LogP contribution < -0.4 is 20.7 Å². The Morgan fingerprint density at radius 1 is 0.966 bits per heavy atom. The Morgan fingerprint density at radius 3 is 2.31 bits per heavy atom. The lowest BCUT2D eigenvalue weighted by molar-refractivity contribution is -0.116. The summed E-state index contributed by atoms with van der Waals surface area (Å²) in [5, 5.41) is 8.63. The number of benzene rings is 2. The van der Waals surface area contributed by atoms with E-state index in [0.717, 1.165) is 19.3 Å². The first-order valence-corrected chi connectivity index (χ1v) is 10.2. The molecule has 2 aromatic carbocycles. The van der Waals surface area contributed by atoms with Crippen LogP contribution in [-0.4, -0.2) is 23.5 Å². The van der Waals surface area contributed by atoms with Gasteiger partial charge in [-0.15, -0.1) is 0 Å². The van der Waals surface area contributed by atoms with E-state index in [9.17, 15) is 9.59 Å². The molecular weight excluding hydrogens is 386 g/mol. The molecule has 0 radical (unpaired) electrons. The van der Waals surface area contributed by atoms with Crippen LogP contribution in [0.4, 0.5) is 11.4 Å². The van der Waals surface area contributed by atoms with Gasteiger partial charge in [0.15, 0.2) is 5.11 Å². The van der Waals surface area contributed by atoms with Gasteiger partial charge in [-0.25, -0.2) is 0 Å². The van der Waals surface area contributed by atoms with Crippen LogP contribution in [-0.2, 0) is 4.79 Å². The van der Waals surface area contributed by atoms with Crippen molar-refractivity contribution in [2.45, 2.75) is 39.5 Å². The number of nitrogens with one attached hydrogen (secondary N) is 3. The molecule has 0 saturated carbocycles. The third-order valence-corrected chi connectivity index (χ3v) is 4.20. The van der Waals surface area contributed by atoms with Crippen LogP contribution in [0.5, 0.6) is 5.75 Å². The normalized spacial score (nSPS) is 10.1. The van der Waals surface area contributed by atoms with Crippen molar-refractivity contribution in [3.8, 4) is 5.75 Å². The van der Waals surface area contributed by atoms with E-state index in [2.05, 4.69) is 22.9 Å². The fraction of sp³-hybridized carbons (Fsp3) is 0.318. The van der Waals surface area contributed by atoms with Crippen LogP contribution >= 0.6 is 12.2 Å². The maximum atomic E-state index is 12.4. The van der Waals surface area contributed by atoms with Crippen LogP contribution in [0.1, 0.15) is 49.9 Å². The number of carbonyl (C=O) groups is 2. The molecule has 0 atom stereocenters. The number of thiocarbonyl (C=S) groups is 1. The summed E-state index contributed by atoms with van der Waals surface area (Å²) in [5.74, 6) is 0.328. The maximum absolute atomic E-state index is 12.4. The van der Waals surface area contributed by atoms with Crippen LogP contribution in [0.2, 0.25) is 0 Å². The first-order chi connectivity index (χ1) is 14.0. The van der Waals surface area contributed by atoms with Gasteiger partial charge in [-0.3, -0.25) is 14.9 Å². The summed E-state index contributed by atoms with van der Waals surface area (Å²) >= 11 is 5.22. The molecule has 7 heteroatoms. The van der Waals surface area contributed by atoms with E-state index < -0.39 is 0 Å². The Morgan fingerprint density at radius 2 is 1.66 bits per heavy atom. The summed E-state index contributed by atoms with van der Waals surface area (Å²) in [5.41, 5.74) is 1.89. The summed E-state index contributed by atoms with van der Waals surface area (Å²) in [6.07, 6.45) is 3.30. The number of amides is 2. The first kappa shape index (κ1) is 22.4. The molecule has 0 heterocycles. The number of ether oxygens (including phenoxy) is 1. The predicted molar refractivity (Wildman–Crippen MR) is 121 cm³/mol. The molecule has 0 fully saturated rings. The van der Waals surface area contributed by atoms with E-state index in [1.165, 1.54) is 0 Å². The monoisotopic (exact) mass is 413 g/mol. The zero-order valence-electron chi connectivity index (χ0n) is 16.8. The van der Waals surface area contributed by atoms with Crippen molar-refractivity contribution in [2.75, 3.05) is 17.2 Å². The zero-order chi connectivity index (χ0) is 21.1. The van der Waals surface area contributed by atoms with Crippen molar-refractivity contribution in [3.05, 3.63) is 54.1 Å². The fourth-order valence-corrected chi connectivity index (χ4v) is 2.70. The highest BCUT2D eigenvalue weighted by Gasteiger charge is 2.09. The van der Waals surface area contributed by atoms with E-state index in [0.29, 0.717) is 35.7 Å². The van der Waals surface area contributed by atoms with E-state index >= 15 is 0 Å². The lowest BCUT2D eigenvalue weighted by Gasteiger charge is -2.11. The van der Waals surface area contributed by atoms with Gasteiger partial charge in [-0.1, -0.05) is 26.3 Å². The van der Waals surface area contributed by atoms with Gasteiger partial charge in [-0.2, -0.15) is 0 Å². The first-order valence-electron chi connectivity index (χ1n) is 9.77. The molecule has 6 nitrogen and oxygen atoms in total. The van der Waals surface area contributed by atoms with E-state index in [4.69, 9.17) is 17.0 Å². The minimum atomic E-state index is -0.313. The largest absolute Gasteiger partial charge is 0.494 e. The smallest absolute Gasteiger partial charge is 0.257 e. The van der Waals surface area contributed by atoms with Gasteiger partial charge in [0, 0.05) is 23.4 Å². The third kappa shape index (κ3) is 7.91. The average Bonchev–Trinajstić information content (AvgIpc) is 2.70. The topological polar surface area (TPSA) is 79.5 Å². The van der Waals surface area contributed by atoms with E-state index in [1.807, 2.05) is 13.0 Å². The van der Waals surface area contributed by atoms with Crippen molar-refractivity contribution >= 4 is 40.5 Å². The van der Waals surface area contributed by atoms with Crippen LogP contribution in [0, 0.1) is 0 Å². The number of rotatable bonds is 9. The molecule has 0 aliphatic heterocycles. The van der Waals surface area contributed by atoms with Gasteiger partial charge < -0.3 is 15.4 Å². The van der Waals surface area contributed by atoms with Gasteiger partial charge in [0.05, 0.1) is 6.61 Å². The predicted octanol–water partition coefficient (Wildman–Crippen LogP) is 4.73. The van der Waals surface area contributed by atoms with Crippen LogP contribution in [0.25, 0.3) is 0 Å². The maximum Gasteiger partial charge on any atom is 0.257 e. The second kappa shape index (κ2) is 11.8. The molecule has 0 spiro atoms. The van der Waals surface area contributed by atoms with Crippen molar-refractivity contribution in [1.29, 1.82) is 0 Å². The molecule has 29 heavy (non-hydrogen) atoms. The average molecular weight is 414 g/mol. The van der Waals surface area contributed by atoms with Crippen molar-refractivity contribution in [2.24, 2.45) is 0 Å². The Balaban J connectivity index is 1.87. The van der Waals surface area contributed by atoms with Gasteiger partial charge in [-0.05, 0) is 67.5 Å². The highest BCUT2D eigenvalue weighted by atomic mass is 32.1. The van der Waals surface area contributed by atoms with Gasteiger partial charge >= 0.3 is 0 Å². The van der Waals surface area contributed by atoms with Crippen molar-refractivity contribution < 1.29 is 14.3 Å². The SMILES string of the molecule is CCCCOc1cccc(C(=O)NC(=S)Nc2ccc(NC(=O)CCC)cc2)c1. The molecule has 0 aliphatic rings. The van der Waals surface area contributed by atoms with Crippen molar-refractivity contribution in [1.82, 2.24) is 5.32 Å². The Labute approximate surface area is 177 Å². The summed E-state index contributed by atoms with van der Waals surface area (Å²) in [7, 11) is 0. The molecule has 0 bridgehead atoms. The summed E-state index contributed by atoms with van der Waals surface area (Å²) in [6, 6.07) is 14.1. The van der Waals surface area contributed by atoms with Crippen molar-refractivity contribution in [3.63, 3.8) is 0 Å². The van der Waals surface area contributed by atoms with E-state index in [1.54, 1.807) is 42.5 Å². The molecule has 0 unspecified atom stereocenters. The number of carbonyl (C=O) groups excluding carboxylic acids is 2. The molecule has 154 valence electrons. The van der Waals surface area contributed by atoms with Crippen LogP contribution in [0.15, 0.2) is 48.5 Å². The molecule has 0 saturated heterocycles. The lowest BCUT2D eigenvalue weighted by atomic mass is 10.2. The molecule has 2 rings (SSSR count). The van der Waals surface area contributed by atoms with Crippen LogP contribution in [0.3, 0.4) is 0 Å². The van der Waals surface area contributed by atoms with Gasteiger partial charge in [0.1, 0.15) is 5.75 Å². The second-order valence-electron chi connectivity index (χ2n) is 6.51. The van der Waals surface area contributed by atoms with Gasteiger partial charge in [0.25, 0.3) is 5.91 Å². The fourth-order valence-electron chi connectivity index (χ4n) is 2.49. The number of hydrogen-bond donors (Lipinski definition) is 3. The zero-order valence-corrected chi connectivity index (χ0v) is 17.6. The summed E-state index contributed by atoms with van der Waals surface area (Å²) in [4.78, 5) is 24.0. The molecular formula is C22H27N3O3S.